The minimum Gasteiger partial charge on any atom is -0.507 e. The fourth-order valence-corrected chi connectivity index (χ4v) is 5.22. The van der Waals surface area contributed by atoms with Crippen LogP contribution in [0.1, 0.15) is 39.5 Å². The van der Waals surface area contributed by atoms with Crippen LogP contribution in [0.3, 0.4) is 0 Å². The Hall–Kier alpha value is -3.50. The van der Waals surface area contributed by atoms with Crippen LogP contribution in [0.2, 0.25) is 0 Å². The number of aryl methyl sites for hydroxylation is 1. The second-order valence-corrected chi connectivity index (χ2v) is 9.48. The Morgan fingerprint density at radius 3 is 2.63 bits per heavy atom. The lowest BCUT2D eigenvalue weighted by Gasteiger charge is -2.23. The van der Waals surface area contributed by atoms with Gasteiger partial charge in [-0.25, -0.2) is 9.78 Å². The molecule has 1 saturated heterocycles. The van der Waals surface area contributed by atoms with Crippen LogP contribution in [0.15, 0.2) is 58.6 Å². The summed E-state index contributed by atoms with van der Waals surface area (Å²) in [6.45, 7) is 3.52. The number of rotatable bonds is 6. The van der Waals surface area contributed by atoms with Crippen molar-refractivity contribution in [2.45, 2.75) is 19.9 Å². The summed E-state index contributed by atoms with van der Waals surface area (Å²) in [5.74, 6) is -2.13. The smallest absolute Gasteiger partial charge is 0.350 e. The van der Waals surface area contributed by atoms with Gasteiger partial charge in [0.05, 0.1) is 31.0 Å². The number of amides is 1. The predicted molar refractivity (Wildman–Crippen MR) is 135 cm³/mol. The van der Waals surface area contributed by atoms with Crippen molar-refractivity contribution in [2.24, 2.45) is 0 Å². The van der Waals surface area contributed by atoms with E-state index in [2.05, 4.69) is 20.9 Å². The number of carbonyl (C=O) groups is 3. The van der Waals surface area contributed by atoms with Gasteiger partial charge in [-0.05, 0) is 43.7 Å². The van der Waals surface area contributed by atoms with E-state index in [0.717, 1.165) is 15.8 Å². The van der Waals surface area contributed by atoms with Gasteiger partial charge in [0, 0.05) is 10.0 Å². The number of carbonyl (C=O) groups excluding carboxylic acids is 3. The van der Waals surface area contributed by atoms with Gasteiger partial charge in [-0.1, -0.05) is 51.5 Å². The SMILES string of the molecule is CCOC(=O)c1sc(N2C(=O)C(=O)C(=C(O)c3cccc(OC)c3)C2c2cccc(Br)c2)nc1C. The number of hydrogen-bond acceptors (Lipinski definition) is 8. The van der Waals surface area contributed by atoms with Crippen molar-refractivity contribution in [1.82, 2.24) is 4.98 Å². The number of halogens is 1. The van der Waals surface area contributed by atoms with Gasteiger partial charge in [-0.3, -0.25) is 14.5 Å². The first-order valence-electron chi connectivity index (χ1n) is 10.6. The Morgan fingerprint density at radius 2 is 1.94 bits per heavy atom. The van der Waals surface area contributed by atoms with Gasteiger partial charge in [0.1, 0.15) is 16.4 Å². The monoisotopic (exact) mass is 556 g/mol. The second-order valence-electron chi connectivity index (χ2n) is 7.59. The molecule has 1 unspecified atom stereocenters. The van der Waals surface area contributed by atoms with Crippen molar-refractivity contribution < 1.29 is 29.0 Å². The highest BCUT2D eigenvalue weighted by Gasteiger charge is 2.48. The van der Waals surface area contributed by atoms with E-state index in [0.29, 0.717) is 22.6 Å². The lowest BCUT2D eigenvalue weighted by Crippen LogP contribution is -2.29. The lowest BCUT2D eigenvalue weighted by atomic mass is 9.95. The van der Waals surface area contributed by atoms with Crippen LogP contribution < -0.4 is 9.64 Å². The van der Waals surface area contributed by atoms with Crippen molar-refractivity contribution >= 4 is 55.8 Å². The van der Waals surface area contributed by atoms with Gasteiger partial charge in [0.2, 0.25) is 0 Å². The Bertz CT molecular complexity index is 1370. The number of benzene rings is 2. The fraction of sp³-hybridized carbons (Fsp3) is 0.200. The average Bonchev–Trinajstić information content (AvgIpc) is 3.35. The summed E-state index contributed by atoms with van der Waals surface area (Å²) in [5, 5.41) is 11.4. The molecule has 1 aromatic heterocycles. The number of methoxy groups -OCH3 is 1. The number of ether oxygens (including phenoxy) is 2. The van der Waals surface area contributed by atoms with Gasteiger partial charge < -0.3 is 14.6 Å². The molecule has 2 heterocycles. The minimum absolute atomic E-state index is 0.0908. The van der Waals surface area contributed by atoms with Gasteiger partial charge in [0.15, 0.2) is 5.13 Å². The number of Topliss-reactive ketones (excluding diaryl/α,β-unsaturated/α-hetero) is 1. The second kappa shape index (κ2) is 10.0. The molecule has 2 aromatic carbocycles. The molecule has 0 radical (unpaired) electrons. The molecule has 1 amide bonds. The Kier molecular flexibility index (Phi) is 7.04. The van der Waals surface area contributed by atoms with Crippen LogP contribution in [0.25, 0.3) is 5.76 Å². The van der Waals surface area contributed by atoms with E-state index < -0.39 is 23.7 Å². The highest BCUT2D eigenvalue weighted by atomic mass is 79.9. The minimum atomic E-state index is -0.973. The van der Waals surface area contributed by atoms with Crippen molar-refractivity contribution in [3.05, 3.63) is 80.3 Å². The molecule has 8 nitrogen and oxygen atoms in total. The Labute approximate surface area is 213 Å². The van der Waals surface area contributed by atoms with E-state index in [1.54, 1.807) is 56.3 Å². The largest absolute Gasteiger partial charge is 0.507 e. The van der Waals surface area contributed by atoms with Crippen LogP contribution in [0, 0.1) is 6.92 Å². The molecule has 1 aliphatic heterocycles. The standard InChI is InChI=1S/C25H21BrN2O6S/c1-4-34-24(32)22-13(2)27-25(35-22)28-19(14-7-5-9-16(26)11-14)18(21(30)23(28)31)20(29)15-8-6-10-17(12-15)33-3/h5-12,19,29H,4H2,1-3H3. The van der Waals surface area contributed by atoms with Crippen molar-refractivity contribution in [3.63, 3.8) is 0 Å². The molecule has 0 spiro atoms. The number of aromatic nitrogens is 1. The molecular weight excluding hydrogens is 536 g/mol. The summed E-state index contributed by atoms with van der Waals surface area (Å²) in [7, 11) is 1.49. The van der Waals surface area contributed by atoms with E-state index in [1.165, 1.54) is 12.0 Å². The quantitative estimate of drug-likeness (QED) is 0.196. The maximum Gasteiger partial charge on any atom is 0.350 e. The molecule has 0 aliphatic carbocycles. The zero-order chi connectivity index (χ0) is 25.3. The van der Waals surface area contributed by atoms with Gasteiger partial charge in [0.25, 0.3) is 5.78 Å². The van der Waals surface area contributed by atoms with Crippen LogP contribution >= 0.6 is 27.3 Å². The van der Waals surface area contributed by atoms with E-state index in [-0.39, 0.29) is 27.9 Å². The Morgan fingerprint density at radius 1 is 1.20 bits per heavy atom. The maximum absolute atomic E-state index is 13.3. The predicted octanol–water partition coefficient (Wildman–Crippen LogP) is 5.03. The van der Waals surface area contributed by atoms with Crippen molar-refractivity contribution in [1.29, 1.82) is 0 Å². The molecule has 1 atom stereocenters. The third-order valence-corrected chi connectivity index (χ3v) is 7.03. The third kappa shape index (κ3) is 4.59. The number of anilines is 1. The van der Waals surface area contributed by atoms with Crippen molar-refractivity contribution in [3.8, 4) is 5.75 Å². The molecule has 0 saturated carbocycles. The van der Waals surface area contributed by atoms with Gasteiger partial charge in [-0.15, -0.1) is 0 Å². The molecule has 0 bridgehead atoms. The van der Waals surface area contributed by atoms with Crippen LogP contribution in [-0.2, 0) is 14.3 Å². The summed E-state index contributed by atoms with van der Waals surface area (Å²) in [4.78, 5) is 44.8. The first-order chi connectivity index (χ1) is 16.8. The molecule has 10 heteroatoms. The molecule has 1 aliphatic rings. The van der Waals surface area contributed by atoms with E-state index in [1.807, 2.05) is 6.07 Å². The third-order valence-electron chi connectivity index (χ3n) is 5.40. The highest BCUT2D eigenvalue weighted by molar-refractivity contribution is 9.10. The normalized spacial score (nSPS) is 17.0. The zero-order valence-electron chi connectivity index (χ0n) is 19.1. The lowest BCUT2D eigenvalue weighted by molar-refractivity contribution is -0.132. The summed E-state index contributed by atoms with van der Waals surface area (Å²) >= 11 is 4.39. The maximum atomic E-state index is 13.3. The molecule has 180 valence electrons. The van der Waals surface area contributed by atoms with Gasteiger partial charge >= 0.3 is 11.9 Å². The van der Waals surface area contributed by atoms with Crippen LogP contribution in [-0.4, -0.2) is 41.5 Å². The number of nitrogens with zero attached hydrogens (tertiary/aromatic N) is 2. The number of aliphatic hydroxyl groups excluding tert-OH is 1. The number of ketones is 1. The van der Waals surface area contributed by atoms with Crippen molar-refractivity contribution in [2.75, 3.05) is 18.6 Å². The number of esters is 1. The van der Waals surface area contributed by atoms with Crippen LogP contribution in [0.4, 0.5) is 5.13 Å². The number of aliphatic hydroxyl groups is 1. The summed E-state index contributed by atoms with van der Waals surface area (Å²) in [6, 6.07) is 12.7. The topological polar surface area (TPSA) is 106 Å². The molecule has 4 rings (SSSR count). The first kappa shape index (κ1) is 24.6. The summed E-state index contributed by atoms with van der Waals surface area (Å²) in [6.07, 6.45) is 0. The average molecular weight is 557 g/mol. The first-order valence-corrected chi connectivity index (χ1v) is 12.2. The summed E-state index contributed by atoms with van der Waals surface area (Å²) in [5.41, 5.74) is 1.19. The molecule has 1 fully saturated rings. The highest BCUT2D eigenvalue weighted by Crippen LogP contribution is 2.44. The molecular formula is C25H21BrN2O6S. The number of thiazole rings is 1. The van der Waals surface area contributed by atoms with Crippen LogP contribution in [0.5, 0.6) is 5.75 Å². The molecule has 1 N–H and O–H groups in total. The molecule has 3 aromatic rings. The zero-order valence-corrected chi connectivity index (χ0v) is 21.5. The van der Waals surface area contributed by atoms with E-state index in [9.17, 15) is 19.5 Å². The molecule has 35 heavy (non-hydrogen) atoms. The van der Waals surface area contributed by atoms with E-state index >= 15 is 0 Å². The number of hydrogen-bond donors (Lipinski definition) is 1. The fourth-order valence-electron chi connectivity index (χ4n) is 3.82. The Balaban J connectivity index is 1.92. The summed E-state index contributed by atoms with van der Waals surface area (Å²) < 4.78 is 11.1. The van der Waals surface area contributed by atoms with Gasteiger partial charge in [-0.2, -0.15) is 0 Å². The van der Waals surface area contributed by atoms with E-state index in [4.69, 9.17) is 9.47 Å².